The van der Waals surface area contributed by atoms with Gasteiger partial charge in [-0.25, -0.2) is 13.8 Å². The Labute approximate surface area is 150 Å². The molecule has 0 spiro atoms. The molecule has 0 amide bonds. The second kappa shape index (κ2) is 6.96. The van der Waals surface area contributed by atoms with Crippen LogP contribution in [0.15, 0.2) is 30.7 Å². The summed E-state index contributed by atoms with van der Waals surface area (Å²) < 4.78 is 28.0. The van der Waals surface area contributed by atoms with Crippen LogP contribution >= 0.6 is 0 Å². The first kappa shape index (κ1) is 16.9. The van der Waals surface area contributed by atoms with Crippen molar-refractivity contribution in [1.82, 2.24) is 14.9 Å². The van der Waals surface area contributed by atoms with E-state index in [9.17, 15) is 14.0 Å². The number of fused-ring (bicyclic) bond motifs is 1. The van der Waals surface area contributed by atoms with Crippen LogP contribution in [0.2, 0.25) is 0 Å². The molecule has 2 aromatic rings. The van der Waals surface area contributed by atoms with Crippen LogP contribution in [0.1, 0.15) is 24.0 Å². The van der Waals surface area contributed by atoms with Crippen LogP contribution in [0, 0.1) is 28.9 Å². The zero-order valence-corrected chi connectivity index (χ0v) is 14.3. The smallest absolute Gasteiger partial charge is 0.148 e. The normalized spacial score (nSPS) is 22.9. The van der Waals surface area contributed by atoms with Crippen LogP contribution in [-0.2, 0) is 6.54 Å². The Morgan fingerprint density at radius 1 is 1.19 bits per heavy atom. The number of piperidine rings is 1. The van der Waals surface area contributed by atoms with E-state index in [1.807, 2.05) is 0 Å². The summed E-state index contributed by atoms with van der Waals surface area (Å²) in [6.07, 6.45) is 5.83. The van der Waals surface area contributed by atoms with E-state index in [1.54, 1.807) is 18.3 Å². The molecule has 4 rings (SSSR count). The fourth-order valence-electron chi connectivity index (χ4n) is 4.15. The second-order valence-corrected chi connectivity index (χ2v) is 6.89. The molecule has 2 aromatic heterocycles. The van der Waals surface area contributed by atoms with Gasteiger partial charge >= 0.3 is 0 Å². The highest BCUT2D eigenvalue weighted by Gasteiger charge is 2.39. The zero-order valence-electron chi connectivity index (χ0n) is 14.3. The lowest BCUT2D eigenvalue weighted by Crippen LogP contribution is -2.48. The highest BCUT2D eigenvalue weighted by molar-refractivity contribution is 5.54. The maximum Gasteiger partial charge on any atom is 0.148 e. The lowest BCUT2D eigenvalue weighted by molar-refractivity contribution is 0.196. The van der Waals surface area contributed by atoms with E-state index in [0.717, 1.165) is 38.3 Å². The van der Waals surface area contributed by atoms with Gasteiger partial charge in [0.15, 0.2) is 0 Å². The van der Waals surface area contributed by atoms with Crippen molar-refractivity contribution in [3.63, 3.8) is 0 Å². The molecule has 2 aliphatic heterocycles. The Bertz CT molecular complexity index is 830. The minimum Gasteiger partial charge on any atom is -0.354 e. The molecule has 2 aliphatic rings. The summed E-state index contributed by atoms with van der Waals surface area (Å²) in [6.45, 7) is 2.61. The predicted octanol–water partition coefficient (Wildman–Crippen LogP) is 2.73. The lowest BCUT2D eigenvalue weighted by Gasteiger charge is -2.39. The minimum absolute atomic E-state index is 0.0772. The van der Waals surface area contributed by atoms with Crippen molar-refractivity contribution in [2.45, 2.75) is 25.4 Å². The first-order chi connectivity index (χ1) is 12.7. The summed E-state index contributed by atoms with van der Waals surface area (Å²) in [5.41, 5.74) is 0.634. The lowest BCUT2D eigenvalue weighted by atomic mass is 9.92. The van der Waals surface area contributed by atoms with E-state index in [-0.39, 0.29) is 18.2 Å². The SMILES string of the molecule is N#Cc1cccnc1N1CCC2CCN(Cc3c(F)cncc3F)C2C1. The molecule has 4 heterocycles. The third-order valence-electron chi connectivity index (χ3n) is 5.50. The number of anilines is 1. The Hall–Kier alpha value is -2.59. The van der Waals surface area contributed by atoms with Gasteiger partial charge in [-0.2, -0.15) is 5.26 Å². The van der Waals surface area contributed by atoms with Crippen LogP contribution in [0.4, 0.5) is 14.6 Å². The molecule has 5 nitrogen and oxygen atoms in total. The van der Waals surface area contributed by atoms with Gasteiger partial charge in [0.1, 0.15) is 23.5 Å². The molecule has 26 heavy (non-hydrogen) atoms. The van der Waals surface area contributed by atoms with Crippen molar-refractivity contribution in [1.29, 1.82) is 5.26 Å². The Morgan fingerprint density at radius 3 is 2.73 bits per heavy atom. The van der Waals surface area contributed by atoms with Gasteiger partial charge in [0.05, 0.1) is 18.0 Å². The average Bonchev–Trinajstić information content (AvgIpc) is 3.07. The molecule has 0 radical (unpaired) electrons. The van der Waals surface area contributed by atoms with Crippen LogP contribution < -0.4 is 4.90 Å². The topological polar surface area (TPSA) is 56.1 Å². The molecule has 0 bridgehead atoms. The summed E-state index contributed by atoms with van der Waals surface area (Å²) in [5.74, 6) is 0.00486. The number of rotatable bonds is 3. The molecule has 134 valence electrons. The van der Waals surface area contributed by atoms with Crippen LogP contribution in [0.3, 0.4) is 0 Å². The van der Waals surface area contributed by atoms with Gasteiger partial charge in [0.2, 0.25) is 0 Å². The number of halogens is 2. The number of nitriles is 1. The van der Waals surface area contributed by atoms with Crippen molar-refractivity contribution in [3.05, 3.63) is 53.5 Å². The van der Waals surface area contributed by atoms with Crippen molar-refractivity contribution < 1.29 is 8.78 Å². The average molecular weight is 355 g/mol. The predicted molar refractivity (Wildman–Crippen MR) is 92.2 cm³/mol. The molecular weight excluding hydrogens is 336 g/mol. The molecule has 7 heteroatoms. The molecule has 0 saturated carbocycles. The summed E-state index contributed by atoms with van der Waals surface area (Å²) in [4.78, 5) is 12.2. The second-order valence-electron chi connectivity index (χ2n) is 6.89. The van der Waals surface area contributed by atoms with Crippen molar-refractivity contribution in [2.75, 3.05) is 24.5 Å². The largest absolute Gasteiger partial charge is 0.354 e. The van der Waals surface area contributed by atoms with Gasteiger partial charge in [-0.1, -0.05) is 0 Å². The first-order valence-corrected chi connectivity index (χ1v) is 8.79. The van der Waals surface area contributed by atoms with Crippen molar-refractivity contribution in [2.24, 2.45) is 5.92 Å². The number of hydrogen-bond acceptors (Lipinski definition) is 5. The van der Waals surface area contributed by atoms with Gasteiger partial charge < -0.3 is 4.90 Å². The standard InChI is InChI=1S/C19H19F2N5/c20-16-9-23-10-17(21)15(16)11-25-6-3-13-4-7-26(12-18(13)25)19-14(8-22)2-1-5-24-19/h1-2,5,9-10,13,18H,3-4,6-7,11-12H2. The van der Waals surface area contributed by atoms with E-state index < -0.39 is 11.6 Å². The number of aromatic nitrogens is 2. The highest BCUT2D eigenvalue weighted by Crippen LogP contribution is 2.35. The minimum atomic E-state index is -0.599. The third kappa shape index (κ3) is 3.01. The van der Waals surface area contributed by atoms with E-state index >= 15 is 0 Å². The summed E-state index contributed by atoms with van der Waals surface area (Å²) in [5, 5.41) is 9.33. The van der Waals surface area contributed by atoms with Crippen LogP contribution in [-0.4, -0.2) is 40.5 Å². The molecule has 2 saturated heterocycles. The van der Waals surface area contributed by atoms with Gasteiger partial charge in [-0.15, -0.1) is 0 Å². The fraction of sp³-hybridized carbons (Fsp3) is 0.421. The maximum atomic E-state index is 14.0. The van der Waals surface area contributed by atoms with Gasteiger partial charge in [0.25, 0.3) is 0 Å². The molecule has 0 aliphatic carbocycles. The number of hydrogen-bond donors (Lipinski definition) is 0. The van der Waals surface area contributed by atoms with Gasteiger partial charge in [0, 0.05) is 37.4 Å². The number of pyridine rings is 2. The molecule has 0 N–H and O–H groups in total. The quantitative estimate of drug-likeness (QED) is 0.847. The van der Waals surface area contributed by atoms with Gasteiger partial charge in [-0.05, 0) is 37.4 Å². The Morgan fingerprint density at radius 2 is 1.96 bits per heavy atom. The van der Waals surface area contributed by atoms with Crippen molar-refractivity contribution in [3.8, 4) is 6.07 Å². The van der Waals surface area contributed by atoms with Crippen LogP contribution in [0.25, 0.3) is 0 Å². The van der Waals surface area contributed by atoms with E-state index in [0.29, 0.717) is 23.8 Å². The zero-order chi connectivity index (χ0) is 18.1. The molecule has 2 unspecified atom stereocenters. The number of nitrogens with zero attached hydrogens (tertiary/aromatic N) is 5. The van der Waals surface area contributed by atoms with E-state index in [2.05, 4.69) is 25.8 Å². The fourth-order valence-corrected chi connectivity index (χ4v) is 4.15. The maximum absolute atomic E-state index is 14.0. The molecular formula is C19H19F2N5. The highest BCUT2D eigenvalue weighted by atomic mass is 19.1. The molecule has 2 fully saturated rings. The van der Waals surface area contributed by atoms with Crippen molar-refractivity contribution >= 4 is 5.82 Å². The Kier molecular flexibility index (Phi) is 4.51. The Balaban J connectivity index is 1.55. The molecule has 0 aromatic carbocycles. The molecule has 2 atom stereocenters. The van der Waals surface area contributed by atoms with Gasteiger partial charge in [-0.3, -0.25) is 9.88 Å². The van der Waals surface area contributed by atoms with E-state index in [4.69, 9.17) is 0 Å². The van der Waals surface area contributed by atoms with Crippen LogP contribution in [0.5, 0.6) is 0 Å². The summed E-state index contributed by atoms with van der Waals surface area (Å²) >= 11 is 0. The summed E-state index contributed by atoms with van der Waals surface area (Å²) in [7, 11) is 0. The number of likely N-dealkylation sites (tertiary alicyclic amines) is 1. The summed E-state index contributed by atoms with van der Waals surface area (Å²) in [6, 6.07) is 5.92. The first-order valence-electron chi connectivity index (χ1n) is 8.79. The monoisotopic (exact) mass is 355 g/mol. The van der Waals surface area contributed by atoms with E-state index in [1.165, 1.54) is 0 Å². The third-order valence-corrected chi connectivity index (χ3v) is 5.50.